The Hall–Kier alpha value is -3.17. The topological polar surface area (TPSA) is 95.6 Å². The van der Waals surface area contributed by atoms with Crippen LogP contribution in [0.3, 0.4) is 0 Å². The molecule has 33 heavy (non-hydrogen) atoms. The van der Waals surface area contributed by atoms with Crippen LogP contribution in [-0.2, 0) is 23.0 Å². The van der Waals surface area contributed by atoms with E-state index in [0.29, 0.717) is 48.9 Å². The Kier molecular flexibility index (Phi) is 5.67. The van der Waals surface area contributed by atoms with Gasteiger partial charge in [0.2, 0.25) is 10.0 Å². The van der Waals surface area contributed by atoms with Crippen molar-refractivity contribution in [2.75, 3.05) is 26.7 Å². The van der Waals surface area contributed by atoms with Crippen molar-refractivity contribution in [1.82, 2.24) is 19.4 Å². The SMILES string of the molecule is COc1ccc(-c2cc(C(=O)N3CCc4ccccc4C3)[nH]n2)cc1S(=O)(=O)N1CCCC1. The standard InChI is InChI=1S/C24H26N4O4S/c1-32-22-9-8-18(14-23(22)33(30,31)28-11-4-5-12-28)20-15-21(26-25-20)24(29)27-13-10-17-6-2-3-7-19(17)16-27/h2-3,6-9,14-15H,4-5,10-13,16H2,1H3,(H,25,26). The number of amides is 1. The van der Waals surface area contributed by atoms with Gasteiger partial charge in [-0.3, -0.25) is 9.89 Å². The summed E-state index contributed by atoms with van der Waals surface area (Å²) in [5.74, 6) is 0.172. The van der Waals surface area contributed by atoms with Crippen molar-refractivity contribution in [3.05, 3.63) is 65.4 Å². The first kappa shape index (κ1) is 21.7. The van der Waals surface area contributed by atoms with Crippen LogP contribution in [0.1, 0.15) is 34.5 Å². The second-order valence-corrected chi connectivity index (χ2v) is 10.3. The van der Waals surface area contributed by atoms with Crippen molar-refractivity contribution in [3.8, 4) is 17.0 Å². The summed E-state index contributed by atoms with van der Waals surface area (Å²) in [6.07, 6.45) is 2.53. The van der Waals surface area contributed by atoms with Crippen LogP contribution in [0.4, 0.5) is 0 Å². The van der Waals surface area contributed by atoms with E-state index in [-0.39, 0.29) is 10.8 Å². The van der Waals surface area contributed by atoms with Gasteiger partial charge < -0.3 is 9.64 Å². The first-order chi connectivity index (χ1) is 16.0. The minimum absolute atomic E-state index is 0.118. The van der Waals surface area contributed by atoms with Crippen molar-refractivity contribution in [3.63, 3.8) is 0 Å². The third-order valence-electron chi connectivity index (χ3n) is 6.37. The van der Waals surface area contributed by atoms with Crippen molar-refractivity contribution < 1.29 is 17.9 Å². The zero-order valence-electron chi connectivity index (χ0n) is 18.5. The molecule has 2 aliphatic rings. The second kappa shape index (κ2) is 8.64. The number of hydrogen-bond donors (Lipinski definition) is 1. The molecule has 0 radical (unpaired) electrons. The van der Waals surface area contributed by atoms with E-state index in [0.717, 1.165) is 24.8 Å². The lowest BCUT2D eigenvalue weighted by molar-refractivity contribution is 0.0728. The van der Waals surface area contributed by atoms with Crippen molar-refractivity contribution >= 4 is 15.9 Å². The van der Waals surface area contributed by atoms with Crippen molar-refractivity contribution in [2.45, 2.75) is 30.7 Å². The lowest BCUT2D eigenvalue weighted by atomic mass is 10.00. The third-order valence-corrected chi connectivity index (χ3v) is 8.29. The fourth-order valence-electron chi connectivity index (χ4n) is 4.52. The fraction of sp³-hybridized carbons (Fsp3) is 0.333. The number of benzene rings is 2. The number of hydrogen-bond acceptors (Lipinski definition) is 5. The Morgan fingerprint density at radius 3 is 2.55 bits per heavy atom. The molecule has 3 aromatic rings. The largest absolute Gasteiger partial charge is 0.495 e. The van der Waals surface area contributed by atoms with Gasteiger partial charge in [0.15, 0.2) is 0 Å². The van der Waals surface area contributed by atoms with Gasteiger partial charge in [0, 0.05) is 31.7 Å². The summed E-state index contributed by atoms with van der Waals surface area (Å²) >= 11 is 0. The quantitative estimate of drug-likeness (QED) is 0.624. The molecule has 8 nitrogen and oxygen atoms in total. The molecular weight excluding hydrogens is 440 g/mol. The van der Waals surface area contributed by atoms with Crippen LogP contribution in [0.15, 0.2) is 53.4 Å². The number of nitrogens with zero attached hydrogens (tertiary/aromatic N) is 3. The van der Waals surface area contributed by atoms with Gasteiger partial charge in [-0.05, 0) is 54.7 Å². The average molecular weight is 467 g/mol. The Bertz CT molecular complexity index is 1300. The zero-order valence-corrected chi connectivity index (χ0v) is 19.3. The highest BCUT2D eigenvalue weighted by molar-refractivity contribution is 7.89. The molecular formula is C24H26N4O4S. The lowest BCUT2D eigenvalue weighted by Crippen LogP contribution is -2.36. The highest BCUT2D eigenvalue weighted by Crippen LogP contribution is 2.33. The van der Waals surface area contributed by atoms with E-state index in [1.54, 1.807) is 29.2 Å². The minimum Gasteiger partial charge on any atom is -0.495 e. The van der Waals surface area contributed by atoms with Crippen LogP contribution in [0.25, 0.3) is 11.3 Å². The molecule has 0 bridgehead atoms. The lowest BCUT2D eigenvalue weighted by Gasteiger charge is -2.28. The summed E-state index contributed by atoms with van der Waals surface area (Å²) < 4.78 is 33.2. The molecule has 3 heterocycles. The molecule has 1 N–H and O–H groups in total. The van der Waals surface area contributed by atoms with Crippen LogP contribution in [0, 0.1) is 0 Å². The molecule has 5 rings (SSSR count). The Labute approximate surface area is 193 Å². The molecule has 0 aliphatic carbocycles. The molecule has 0 atom stereocenters. The highest BCUT2D eigenvalue weighted by atomic mass is 32.2. The molecule has 1 aromatic heterocycles. The number of aromatic amines is 1. The van der Waals surface area contributed by atoms with Crippen LogP contribution in [0.2, 0.25) is 0 Å². The predicted octanol–water partition coefficient (Wildman–Crippen LogP) is 3.07. The van der Waals surface area contributed by atoms with E-state index < -0.39 is 10.0 Å². The summed E-state index contributed by atoms with van der Waals surface area (Å²) in [6.45, 7) is 2.22. The molecule has 0 unspecified atom stereocenters. The third kappa shape index (κ3) is 4.02. The molecule has 2 aliphatic heterocycles. The molecule has 1 saturated heterocycles. The maximum absolute atomic E-state index is 13.2. The molecule has 0 spiro atoms. The van der Waals surface area contributed by atoms with E-state index >= 15 is 0 Å². The highest BCUT2D eigenvalue weighted by Gasteiger charge is 2.30. The number of rotatable bonds is 5. The molecule has 172 valence electrons. The summed E-state index contributed by atoms with van der Waals surface area (Å²) in [7, 11) is -2.21. The molecule has 1 amide bonds. The number of methoxy groups -OCH3 is 1. The minimum atomic E-state index is -3.67. The van der Waals surface area contributed by atoms with Crippen molar-refractivity contribution in [2.24, 2.45) is 0 Å². The van der Waals surface area contributed by atoms with Crippen LogP contribution in [0.5, 0.6) is 5.75 Å². The summed E-state index contributed by atoms with van der Waals surface area (Å²) in [5.41, 5.74) is 3.92. The fourth-order valence-corrected chi connectivity index (χ4v) is 6.22. The van der Waals surface area contributed by atoms with Gasteiger partial charge in [-0.1, -0.05) is 24.3 Å². The number of aromatic nitrogens is 2. The van der Waals surface area contributed by atoms with Gasteiger partial charge in [-0.15, -0.1) is 0 Å². The maximum atomic E-state index is 13.2. The van der Waals surface area contributed by atoms with E-state index in [1.165, 1.54) is 17.0 Å². The average Bonchev–Trinajstić information content (AvgIpc) is 3.56. The van der Waals surface area contributed by atoms with E-state index in [1.807, 2.05) is 18.2 Å². The number of sulfonamides is 1. The molecule has 0 saturated carbocycles. The summed E-state index contributed by atoms with van der Waals surface area (Å²) in [6, 6.07) is 14.8. The van der Waals surface area contributed by atoms with Gasteiger partial charge in [0.05, 0.1) is 12.8 Å². The first-order valence-electron chi connectivity index (χ1n) is 11.1. The number of fused-ring (bicyclic) bond motifs is 1. The summed E-state index contributed by atoms with van der Waals surface area (Å²) in [4.78, 5) is 15.0. The van der Waals surface area contributed by atoms with Gasteiger partial charge in [0.1, 0.15) is 16.3 Å². The summed E-state index contributed by atoms with van der Waals surface area (Å²) in [5, 5.41) is 7.14. The number of carbonyl (C=O) groups is 1. The van der Waals surface area contributed by atoms with Gasteiger partial charge in [0.25, 0.3) is 5.91 Å². The van der Waals surface area contributed by atoms with Crippen LogP contribution in [-0.4, -0.2) is 60.5 Å². The number of H-pyrrole nitrogens is 1. The van der Waals surface area contributed by atoms with E-state index in [9.17, 15) is 13.2 Å². The normalized spacial score (nSPS) is 16.6. The van der Waals surface area contributed by atoms with Gasteiger partial charge in [-0.25, -0.2) is 8.42 Å². The number of ether oxygens (including phenoxy) is 1. The maximum Gasteiger partial charge on any atom is 0.272 e. The van der Waals surface area contributed by atoms with Crippen molar-refractivity contribution in [1.29, 1.82) is 0 Å². The number of carbonyl (C=O) groups excluding carboxylic acids is 1. The number of nitrogens with one attached hydrogen (secondary N) is 1. The van der Waals surface area contributed by atoms with E-state index in [4.69, 9.17) is 4.74 Å². The smallest absolute Gasteiger partial charge is 0.272 e. The monoisotopic (exact) mass is 466 g/mol. The molecule has 9 heteroatoms. The predicted molar refractivity (Wildman–Crippen MR) is 123 cm³/mol. The Morgan fingerprint density at radius 2 is 1.79 bits per heavy atom. The zero-order chi connectivity index (χ0) is 23.0. The Balaban J connectivity index is 1.41. The van der Waals surface area contributed by atoms with E-state index in [2.05, 4.69) is 16.3 Å². The Morgan fingerprint density at radius 1 is 1.03 bits per heavy atom. The second-order valence-electron chi connectivity index (χ2n) is 8.39. The first-order valence-corrected chi connectivity index (χ1v) is 12.5. The van der Waals surface area contributed by atoms with Gasteiger partial charge in [-0.2, -0.15) is 9.40 Å². The van der Waals surface area contributed by atoms with Gasteiger partial charge >= 0.3 is 0 Å². The molecule has 1 fully saturated rings. The van der Waals surface area contributed by atoms with Crippen LogP contribution < -0.4 is 4.74 Å². The molecule has 2 aromatic carbocycles. The van der Waals surface area contributed by atoms with Crippen LogP contribution >= 0.6 is 0 Å².